The van der Waals surface area contributed by atoms with Crippen molar-refractivity contribution in [2.45, 2.75) is 32.1 Å². The maximum atomic E-state index is 12.1. The van der Waals surface area contributed by atoms with Crippen LogP contribution in [0.15, 0.2) is 22.7 Å². The Labute approximate surface area is 148 Å². The molecule has 0 unspecified atom stereocenters. The Balaban J connectivity index is 1.82. The summed E-state index contributed by atoms with van der Waals surface area (Å²) >= 11 is 3.09. The number of carbonyl (C=O) groups excluding carboxylic acids is 2. The van der Waals surface area contributed by atoms with Crippen LogP contribution in [0, 0.1) is 10.1 Å². The predicted molar refractivity (Wildman–Crippen MR) is 92.8 cm³/mol. The van der Waals surface area contributed by atoms with Crippen LogP contribution in [-0.4, -0.2) is 41.3 Å². The zero-order valence-electron chi connectivity index (χ0n) is 13.3. The predicted octanol–water partition coefficient (Wildman–Crippen LogP) is 2.88. The summed E-state index contributed by atoms with van der Waals surface area (Å²) in [5.41, 5.74) is 0.105. The number of nitro groups is 1. The molecule has 1 aliphatic heterocycles. The van der Waals surface area contributed by atoms with E-state index < -0.39 is 4.92 Å². The van der Waals surface area contributed by atoms with Gasteiger partial charge in [0, 0.05) is 37.7 Å². The number of rotatable bonds is 6. The molecule has 8 heteroatoms. The van der Waals surface area contributed by atoms with E-state index in [2.05, 4.69) is 21.2 Å². The number of hydrogen-bond acceptors (Lipinski definition) is 4. The van der Waals surface area contributed by atoms with Crippen LogP contribution < -0.4 is 5.32 Å². The van der Waals surface area contributed by atoms with E-state index in [1.54, 1.807) is 0 Å². The average molecular weight is 398 g/mol. The zero-order chi connectivity index (χ0) is 17.5. The van der Waals surface area contributed by atoms with Crippen LogP contribution >= 0.6 is 15.9 Å². The van der Waals surface area contributed by atoms with Crippen molar-refractivity contribution in [1.82, 2.24) is 10.2 Å². The van der Waals surface area contributed by atoms with E-state index in [9.17, 15) is 19.7 Å². The molecule has 1 heterocycles. The fourth-order valence-corrected chi connectivity index (χ4v) is 3.03. The minimum absolute atomic E-state index is 0.141. The Morgan fingerprint density at radius 2 is 2.12 bits per heavy atom. The lowest BCUT2D eigenvalue weighted by atomic mass is 10.2. The Kier molecular flexibility index (Phi) is 6.72. The highest BCUT2D eigenvalue weighted by Gasteiger charge is 2.17. The molecule has 24 heavy (non-hydrogen) atoms. The van der Waals surface area contributed by atoms with E-state index in [4.69, 9.17) is 0 Å². The Hall–Kier alpha value is -1.96. The molecule has 0 spiro atoms. The zero-order valence-corrected chi connectivity index (χ0v) is 14.9. The second kappa shape index (κ2) is 8.77. The number of benzene rings is 1. The summed E-state index contributed by atoms with van der Waals surface area (Å²) in [7, 11) is 0. The second-order valence-electron chi connectivity index (χ2n) is 5.72. The molecule has 0 bridgehead atoms. The third-order valence-corrected chi connectivity index (χ3v) is 4.64. The molecule has 130 valence electrons. The van der Waals surface area contributed by atoms with E-state index in [-0.39, 0.29) is 23.1 Å². The molecule has 0 atom stereocenters. The fraction of sp³-hybridized carbons (Fsp3) is 0.500. The van der Waals surface area contributed by atoms with E-state index in [0.717, 1.165) is 25.8 Å². The molecular formula is C16H20BrN3O4. The van der Waals surface area contributed by atoms with E-state index >= 15 is 0 Å². The van der Waals surface area contributed by atoms with Gasteiger partial charge in [-0.1, -0.05) is 6.42 Å². The van der Waals surface area contributed by atoms with Gasteiger partial charge in [0.15, 0.2) is 0 Å². The van der Waals surface area contributed by atoms with E-state index in [0.29, 0.717) is 30.4 Å². The van der Waals surface area contributed by atoms with Gasteiger partial charge in [0.1, 0.15) is 0 Å². The van der Waals surface area contributed by atoms with Crippen molar-refractivity contribution < 1.29 is 14.5 Å². The smallest absolute Gasteiger partial charge is 0.284 e. The van der Waals surface area contributed by atoms with Crippen LogP contribution in [0.2, 0.25) is 0 Å². The molecule has 2 amide bonds. The maximum Gasteiger partial charge on any atom is 0.284 e. The molecule has 1 aromatic carbocycles. The van der Waals surface area contributed by atoms with Crippen molar-refractivity contribution in [3.8, 4) is 0 Å². The summed E-state index contributed by atoms with van der Waals surface area (Å²) < 4.78 is 0.337. The summed E-state index contributed by atoms with van der Waals surface area (Å²) in [6.45, 7) is 1.83. The van der Waals surface area contributed by atoms with Gasteiger partial charge in [0.25, 0.3) is 11.6 Å². The molecule has 1 fully saturated rings. The summed E-state index contributed by atoms with van der Waals surface area (Å²) in [5, 5.41) is 13.6. The first kappa shape index (κ1) is 18.4. The van der Waals surface area contributed by atoms with Crippen LogP contribution in [-0.2, 0) is 4.79 Å². The molecule has 0 aromatic heterocycles. The van der Waals surface area contributed by atoms with Gasteiger partial charge < -0.3 is 10.2 Å². The molecule has 0 saturated carbocycles. The molecule has 2 rings (SSSR count). The summed E-state index contributed by atoms with van der Waals surface area (Å²) in [6.07, 6.45) is 4.33. The highest BCUT2D eigenvalue weighted by atomic mass is 79.9. The monoisotopic (exact) mass is 397 g/mol. The molecule has 1 aromatic rings. The summed E-state index contributed by atoms with van der Waals surface area (Å²) in [5.74, 6) is -0.171. The summed E-state index contributed by atoms with van der Waals surface area (Å²) in [6, 6.07) is 4.27. The van der Waals surface area contributed by atoms with Gasteiger partial charge in [-0.15, -0.1) is 0 Å². The van der Waals surface area contributed by atoms with E-state index in [1.807, 2.05) is 4.90 Å². The first-order chi connectivity index (χ1) is 11.5. The second-order valence-corrected chi connectivity index (χ2v) is 6.58. The fourth-order valence-electron chi connectivity index (χ4n) is 2.64. The largest absolute Gasteiger partial charge is 0.352 e. The Bertz CT molecular complexity index is 636. The van der Waals surface area contributed by atoms with Crippen molar-refractivity contribution in [3.05, 3.63) is 38.3 Å². The molecule has 0 aliphatic carbocycles. The lowest BCUT2D eigenvalue weighted by molar-refractivity contribution is -0.385. The first-order valence-corrected chi connectivity index (χ1v) is 8.78. The van der Waals surface area contributed by atoms with Gasteiger partial charge in [0.2, 0.25) is 5.91 Å². The molecular weight excluding hydrogens is 378 g/mol. The van der Waals surface area contributed by atoms with Gasteiger partial charge in [-0.2, -0.15) is 0 Å². The number of nitrogens with zero attached hydrogens (tertiary/aromatic N) is 2. The third kappa shape index (κ3) is 5.02. The summed E-state index contributed by atoms with van der Waals surface area (Å²) in [4.78, 5) is 36.2. The number of amides is 2. The van der Waals surface area contributed by atoms with Crippen LogP contribution in [0.5, 0.6) is 0 Å². The number of likely N-dealkylation sites (tertiary alicyclic amines) is 1. The lowest BCUT2D eigenvalue weighted by Gasteiger charge is -2.20. The number of halogens is 1. The Morgan fingerprint density at radius 3 is 2.88 bits per heavy atom. The third-order valence-electron chi connectivity index (χ3n) is 3.97. The van der Waals surface area contributed by atoms with Crippen LogP contribution in [0.3, 0.4) is 0 Å². The lowest BCUT2D eigenvalue weighted by Crippen LogP contribution is -2.34. The van der Waals surface area contributed by atoms with Crippen molar-refractivity contribution in [3.63, 3.8) is 0 Å². The van der Waals surface area contributed by atoms with Crippen molar-refractivity contribution in [1.29, 1.82) is 0 Å². The molecule has 7 nitrogen and oxygen atoms in total. The van der Waals surface area contributed by atoms with Crippen LogP contribution in [0.25, 0.3) is 0 Å². The normalized spacial score (nSPS) is 15.0. The van der Waals surface area contributed by atoms with Crippen LogP contribution in [0.1, 0.15) is 42.5 Å². The van der Waals surface area contributed by atoms with Gasteiger partial charge in [-0.05, 0) is 47.3 Å². The van der Waals surface area contributed by atoms with Gasteiger partial charge in [-0.25, -0.2) is 0 Å². The molecule has 1 aliphatic rings. The van der Waals surface area contributed by atoms with Gasteiger partial charge >= 0.3 is 0 Å². The highest BCUT2D eigenvalue weighted by molar-refractivity contribution is 9.10. The molecule has 1 N–H and O–H groups in total. The minimum atomic E-state index is -0.536. The SMILES string of the molecule is O=C(NCCCN1CCCCCC1=O)c1ccc(Br)c([N+](=O)[O-])c1. The maximum absolute atomic E-state index is 12.1. The van der Waals surface area contributed by atoms with Gasteiger partial charge in [-0.3, -0.25) is 19.7 Å². The number of hydrogen-bond donors (Lipinski definition) is 1. The quantitative estimate of drug-likeness (QED) is 0.453. The Morgan fingerprint density at radius 1 is 1.33 bits per heavy atom. The van der Waals surface area contributed by atoms with E-state index in [1.165, 1.54) is 18.2 Å². The highest BCUT2D eigenvalue weighted by Crippen LogP contribution is 2.25. The van der Waals surface area contributed by atoms with Crippen molar-refractivity contribution in [2.75, 3.05) is 19.6 Å². The number of nitrogens with one attached hydrogen (secondary N) is 1. The number of nitro benzene ring substituents is 1. The molecule has 0 radical (unpaired) electrons. The minimum Gasteiger partial charge on any atom is -0.352 e. The average Bonchev–Trinajstić information content (AvgIpc) is 2.76. The van der Waals surface area contributed by atoms with Crippen molar-refractivity contribution >= 4 is 33.4 Å². The van der Waals surface area contributed by atoms with Crippen molar-refractivity contribution in [2.24, 2.45) is 0 Å². The first-order valence-electron chi connectivity index (χ1n) is 7.99. The topological polar surface area (TPSA) is 92.6 Å². The standard InChI is InChI=1S/C16H20BrN3O4/c17-13-7-6-12(11-14(13)20(23)24)16(22)18-8-4-10-19-9-3-1-2-5-15(19)21/h6-7,11H,1-5,8-10H2,(H,18,22). The van der Waals surface area contributed by atoms with Gasteiger partial charge in [0.05, 0.1) is 9.40 Å². The van der Waals surface area contributed by atoms with Crippen LogP contribution in [0.4, 0.5) is 5.69 Å². The number of carbonyl (C=O) groups is 2. The molecule has 1 saturated heterocycles.